The number of para-hydroxylation sites is 2. The zero-order valence-corrected chi connectivity index (χ0v) is 20.0. The molecule has 5 rings (SSSR count). The van der Waals surface area contributed by atoms with E-state index in [1.807, 2.05) is 80.6 Å². The molecular weight excluding hydrogens is 448 g/mol. The van der Waals surface area contributed by atoms with Crippen molar-refractivity contribution in [3.05, 3.63) is 82.7 Å². The summed E-state index contributed by atoms with van der Waals surface area (Å²) in [6.45, 7) is 6.32. The van der Waals surface area contributed by atoms with Crippen molar-refractivity contribution in [2.45, 2.75) is 26.3 Å². The third-order valence-corrected chi connectivity index (χ3v) is 6.80. The molecular formula is C27H26N2O4S. The highest BCUT2D eigenvalue weighted by Gasteiger charge is 2.32. The number of aromatic nitrogens is 1. The molecule has 0 saturated heterocycles. The SMILES string of the molecule is CCOCCn1c(=NC(=O)C2c3ccccc3Oc3ccccc32)sc2cc(OCC)ccc21. The molecule has 1 amide bonds. The number of amides is 1. The molecule has 7 heteroatoms. The van der Waals surface area contributed by atoms with Crippen molar-refractivity contribution in [2.75, 3.05) is 19.8 Å². The summed E-state index contributed by atoms with van der Waals surface area (Å²) in [6.07, 6.45) is 0. The van der Waals surface area contributed by atoms with Crippen molar-refractivity contribution in [1.29, 1.82) is 0 Å². The molecule has 4 aromatic rings. The molecule has 0 fully saturated rings. The topological polar surface area (TPSA) is 62.1 Å². The van der Waals surface area contributed by atoms with Crippen LogP contribution in [0.4, 0.5) is 0 Å². The minimum absolute atomic E-state index is 0.218. The van der Waals surface area contributed by atoms with Gasteiger partial charge in [-0.1, -0.05) is 47.7 Å². The molecule has 0 radical (unpaired) electrons. The van der Waals surface area contributed by atoms with E-state index >= 15 is 0 Å². The van der Waals surface area contributed by atoms with Gasteiger partial charge in [-0.3, -0.25) is 4.79 Å². The van der Waals surface area contributed by atoms with Crippen molar-refractivity contribution >= 4 is 27.5 Å². The maximum Gasteiger partial charge on any atom is 0.260 e. The second-order valence-corrected chi connectivity index (χ2v) is 8.87. The fraction of sp³-hybridized carbons (Fsp3) is 0.259. The summed E-state index contributed by atoms with van der Waals surface area (Å²) in [6, 6.07) is 21.3. The number of fused-ring (bicyclic) bond motifs is 3. The minimum atomic E-state index is -0.523. The third kappa shape index (κ3) is 4.24. The number of carbonyl (C=O) groups is 1. The van der Waals surface area contributed by atoms with E-state index in [4.69, 9.17) is 14.2 Å². The van der Waals surface area contributed by atoms with Gasteiger partial charge in [0.05, 0.1) is 29.3 Å². The summed E-state index contributed by atoms with van der Waals surface area (Å²) >= 11 is 1.49. The Morgan fingerprint density at radius 1 is 1.00 bits per heavy atom. The largest absolute Gasteiger partial charge is 0.494 e. The summed E-state index contributed by atoms with van der Waals surface area (Å²) < 4.78 is 20.4. The molecule has 6 nitrogen and oxygen atoms in total. The van der Waals surface area contributed by atoms with Crippen LogP contribution in [0.15, 0.2) is 71.7 Å². The van der Waals surface area contributed by atoms with Crippen LogP contribution in [0.2, 0.25) is 0 Å². The molecule has 34 heavy (non-hydrogen) atoms. The average Bonchev–Trinajstić information content (AvgIpc) is 3.18. The molecule has 1 aromatic heterocycles. The second-order valence-electron chi connectivity index (χ2n) is 7.86. The van der Waals surface area contributed by atoms with Gasteiger partial charge in [-0.25, -0.2) is 0 Å². The number of carbonyl (C=O) groups excluding carboxylic acids is 1. The van der Waals surface area contributed by atoms with E-state index in [1.165, 1.54) is 11.3 Å². The number of hydrogen-bond donors (Lipinski definition) is 0. The molecule has 0 N–H and O–H groups in total. The van der Waals surface area contributed by atoms with E-state index in [0.717, 1.165) is 27.1 Å². The molecule has 3 aromatic carbocycles. The fourth-order valence-electron chi connectivity index (χ4n) is 4.25. The molecule has 1 aliphatic rings. The van der Waals surface area contributed by atoms with Gasteiger partial charge in [0.15, 0.2) is 4.80 Å². The van der Waals surface area contributed by atoms with Gasteiger partial charge in [-0.2, -0.15) is 4.99 Å². The molecule has 0 aliphatic carbocycles. The normalized spacial score (nSPS) is 13.4. The van der Waals surface area contributed by atoms with E-state index in [9.17, 15) is 4.79 Å². The Bertz CT molecular complexity index is 1360. The van der Waals surface area contributed by atoms with E-state index in [1.54, 1.807) is 0 Å². The predicted octanol–water partition coefficient (Wildman–Crippen LogP) is 5.50. The van der Waals surface area contributed by atoms with Crippen LogP contribution in [0, 0.1) is 0 Å². The monoisotopic (exact) mass is 474 g/mol. The number of ether oxygens (including phenoxy) is 3. The number of nitrogens with zero attached hydrogens (tertiary/aromatic N) is 2. The Kier molecular flexibility index (Phi) is 6.47. The summed E-state index contributed by atoms with van der Waals surface area (Å²) in [4.78, 5) is 19.0. The standard InChI is InChI=1S/C27H26N2O4S/c1-3-31-16-15-29-21-14-13-18(32-4-2)17-24(21)34-27(29)28-26(30)25-19-9-5-7-11-22(19)33-23-12-8-6-10-20(23)25/h5-14,17,25H,3-4,15-16H2,1-2H3. The van der Waals surface area contributed by atoms with Crippen molar-refractivity contribution in [2.24, 2.45) is 4.99 Å². The highest BCUT2D eigenvalue weighted by molar-refractivity contribution is 7.16. The first-order chi connectivity index (χ1) is 16.7. The third-order valence-electron chi connectivity index (χ3n) is 5.76. The van der Waals surface area contributed by atoms with Crippen LogP contribution in [0.1, 0.15) is 30.9 Å². The summed E-state index contributed by atoms with van der Waals surface area (Å²) in [5, 5.41) is 0. The van der Waals surface area contributed by atoms with Gasteiger partial charge in [0.25, 0.3) is 5.91 Å². The van der Waals surface area contributed by atoms with Crippen LogP contribution in [0.25, 0.3) is 10.2 Å². The first-order valence-electron chi connectivity index (χ1n) is 11.5. The maximum absolute atomic E-state index is 13.7. The quantitative estimate of drug-likeness (QED) is 0.332. The number of benzene rings is 3. The van der Waals surface area contributed by atoms with Gasteiger partial charge >= 0.3 is 0 Å². The average molecular weight is 475 g/mol. The Morgan fingerprint density at radius 2 is 1.71 bits per heavy atom. The van der Waals surface area contributed by atoms with Gasteiger partial charge in [-0.15, -0.1) is 0 Å². The van der Waals surface area contributed by atoms with Crippen molar-refractivity contribution in [3.8, 4) is 17.2 Å². The van der Waals surface area contributed by atoms with Gasteiger partial charge in [-0.05, 0) is 44.2 Å². The lowest BCUT2D eigenvalue weighted by Crippen LogP contribution is -2.23. The zero-order valence-electron chi connectivity index (χ0n) is 19.2. The predicted molar refractivity (Wildman–Crippen MR) is 133 cm³/mol. The molecule has 0 unspecified atom stereocenters. The molecule has 1 aliphatic heterocycles. The van der Waals surface area contributed by atoms with Crippen molar-refractivity contribution in [1.82, 2.24) is 4.57 Å². The smallest absolute Gasteiger partial charge is 0.260 e. The lowest BCUT2D eigenvalue weighted by atomic mass is 9.87. The van der Waals surface area contributed by atoms with E-state index in [-0.39, 0.29) is 5.91 Å². The van der Waals surface area contributed by atoms with Crippen LogP contribution in [-0.2, 0) is 16.1 Å². The van der Waals surface area contributed by atoms with E-state index in [0.29, 0.717) is 42.7 Å². The Labute approximate surface area is 202 Å². The number of thiazole rings is 1. The zero-order chi connectivity index (χ0) is 23.5. The molecule has 0 saturated carbocycles. The maximum atomic E-state index is 13.7. The van der Waals surface area contributed by atoms with Crippen LogP contribution in [0.5, 0.6) is 17.2 Å². The molecule has 0 atom stereocenters. The summed E-state index contributed by atoms with van der Waals surface area (Å²) in [5.41, 5.74) is 2.67. The highest BCUT2D eigenvalue weighted by Crippen LogP contribution is 2.44. The van der Waals surface area contributed by atoms with E-state index in [2.05, 4.69) is 9.56 Å². The lowest BCUT2D eigenvalue weighted by molar-refractivity contribution is -0.118. The van der Waals surface area contributed by atoms with Crippen LogP contribution >= 0.6 is 11.3 Å². The minimum Gasteiger partial charge on any atom is -0.494 e. The Balaban J connectivity index is 1.62. The number of rotatable bonds is 7. The molecule has 0 spiro atoms. The van der Waals surface area contributed by atoms with Gasteiger partial charge in [0.1, 0.15) is 17.2 Å². The Morgan fingerprint density at radius 3 is 2.38 bits per heavy atom. The first kappa shape index (κ1) is 22.4. The summed E-state index contributed by atoms with van der Waals surface area (Å²) in [5.74, 6) is 1.45. The molecule has 0 bridgehead atoms. The van der Waals surface area contributed by atoms with Gasteiger partial charge in [0.2, 0.25) is 0 Å². The van der Waals surface area contributed by atoms with Gasteiger partial charge in [0, 0.05) is 24.3 Å². The first-order valence-corrected chi connectivity index (χ1v) is 12.3. The highest BCUT2D eigenvalue weighted by atomic mass is 32.1. The van der Waals surface area contributed by atoms with Gasteiger partial charge < -0.3 is 18.8 Å². The van der Waals surface area contributed by atoms with E-state index < -0.39 is 5.92 Å². The van der Waals surface area contributed by atoms with Crippen LogP contribution in [-0.4, -0.2) is 30.3 Å². The molecule has 174 valence electrons. The Hall–Kier alpha value is -3.42. The summed E-state index contributed by atoms with van der Waals surface area (Å²) in [7, 11) is 0. The second kappa shape index (κ2) is 9.83. The fourth-order valence-corrected chi connectivity index (χ4v) is 5.34. The van der Waals surface area contributed by atoms with Crippen molar-refractivity contribution < 1.29 is 19.0 Å². The van der Waals surface area contributed by atoms with Crippen LogP contribution < -0.4 is 14.3 Å². The number of hydrogen-bond acceptors (Lipinski definition) is 5. The van der Waals surface area contributed by atoms with Crippen molar-refractivity contribution in [3.63, 3.8) is 0 Å². The van der Waals surface area contributed by atoms with Crippen LogP contribution in [0.3, 0.4) is 0 Å². The lowest BCUT2D eigenvalue weighted by Gasteiger charge is -2.25. The molecule has 2 heterocycles.